The number of primary amides is 1. The zero-order valence-electron chi connectivity index (χ0n) is 8.35. The topological polar surface area (TPSA) is 78.1 Å². The molecule has 0 aliphatic heterocycles. The van der Waals surface area contributed by atoms with Gasteiger partial charge in [-0.1, -0.05) is 0 Å². The average Bonchev–Trinajstić information content (AvgIpc) is 2.17. The molecule has 2 rings (SSSR count). The molecule has 1 saturated carbocycles. The van der Waals surface area contributed by atoms with Crippen LogP contribution in [0.3, 0.4) is 0 Å². The van der Waals surface area contributed by atoms with E-state index in [2.05, 4.69) is 9.97 Å². The number of carbonyl (C=O) groups is 1. The Bertz CT molecular complexity index is 349. The summed E-state index contributed by atoms with van der Waals surface area (Å²) >= 11 is 0. The van der Waals surface area contributed by atoms with Gasteiger partial charge in [0.25, 0.3) is 0 Å². The van der Waals surface area contributed by atoms with E-state index < -0.39 is 11.5 Å². The summed E-state index contributed by atoms with van der Waals surface area (Å²) in [7, 11) is 0. The molecule has 1 heterocycles. The van der Waals surface area contributed by atoms with Gasteiger partial charge in [0.2, 0.25) is 5.91 Å². The van der Waals surface area contributed by atoms with E-state index in [1.54, 1.807) is 18.5 Å². The van der Waals surface area contributed by atoms with Gasteiger partial charge in [-0.2, -0.15) is 0 Å². The number of rotatable bonds is 4. The molecule has 15 heavy (non-hydrogen) atoms. The summed E-state index contributed by atoms with van der Waals surface area (Å²) in [6.07, 6.45) is 6.12. The van der Waals surface area contributed by atoms with E-state index in [4.69, 9.17) is 10.5 Å². The van der Waals surface area contributed by atoms with E-state index in [1.807, 2.05) is 0 Å². The second-order valence-corrected chi connectivity index (χ2v) is 3.68. The molecule has 1 aromatic rings. The molecule has 0 atom stereocenters. The van der Waals surface area contributed by atoms with Crippen LogP contribution in [0.25, 0.3) is 0 Å². The highest BCUT2D eigenvalue weighted by molar-refractivity contribution is 5.75. The minimum atomic E-state index is -0.476. The Morgan fingerprint density at radius 2 is 2.13 bits per heavy atom. The number of hydrogen-bond donors (Lipinski definition) is 1. The summed E-state index contributed by atoms with van der Waals surface area (Å²) in [5.74, 6) is 0.190. The van der Waals surface area contributed by atoms with E-state index in [0.717, 1.165) is 19.3 Å². The highest BCUT2D eigenvalue weighted by atomic mass is 16.5. The molecular weight excluding hydrogens is 194 g/mol. The highest BCUT2D eigenvalue weighted by Gasteiger charge is 2.42. The van der Waals surface area contributed by atoms with Crippen molar-refractivity contribution in [2.75, 3.05) is 6.61 Å². The lowest BCUT2D eigenvalue weighted by molar-refractivity contribution is -0.143. The quantitative estimate of drug-likeness (QED) is 0.773. The SMILES string of the molecule is NC(=O)COC1(c2ncccn2)CCC1. The Morgan fingerprint density at radius 1 is 1.47 bits per heavy atom. The Morgan fingerprint density at radius 3 is 2.60 bits per heavy atom. The van der Waals surface area contributed by atoms with Gasteiger partial charge in [0.15, 0.2) is 5.82 Å². The van der Waals surface area contributed by atoms with Crippen molar-refractivity contribution in [3.05, 3.63) is 24.3 Å². The van der Waals surface area contributed by atoms with Gasteiger partial charge in [-0.3, -0.25) is 4.79 Å². The second-order valence-electron chi connectivity index (χ2n) is 3.68. The third-order valence-electron chi connectivity index (χ3n) is 2.63. The first-order valence-electron chi connectivity index (χ1n) is 4.93. The summed E-state index contributed by atoms with van der Waals surface area (Å²) in [6, 6.07) is 1.75. The van der Waals surface area contributed by atoms with Crippen molar-refractivity contribution < 1.29 is 9.53 Å². The van der Waals surface area contributed by atoms with Crippen LogP contribution >= 0.6 is 0 Å². The lowest BCUT2D eigenvalue weighted by Crippen LogP contribution is -2.41. The summed E-state index contributed by atoms with van der Waals surface area (Å²) in [6.45, 7) is -0.0712. The zero-order valence-corrected chi connectivity index (χ0v) is 8.35. The van der Waals surface area contributed by atoms with Crippen molar-refractivity contribution in [3.63, 3.8) is 0 Å². The van der Waals surface area contributed by atoms with Crippen LogP contribution in [0.4, 0.5) is 0 Å². The Balaban J connectivity index is 2.12. The lowest BCUT2D eigenvalue weighted by atomic mass is 9.79. The normalized spacial score (nSPS) is 18.1. The molecule has 5 nitrogen and oxygen atoms in total. The molecule has 0 radical (unpaired) electrons. The first kappa shape index (κ1) is 10.0. The molecule has 2 N–H and O–H groups in total. The first-order valence-corrected chi connectivity index (χ1v) is 4.93. The maximum Gasteiger partial charge on any atom is 0.243 e. The molecule has 5 heteroatoms. The van der Waals surface area contributed by atoms with Gasteiger partial charge in [-0.05, 0) is 25.3 Å². The fourth-order valence-corrected chi connectivity index (χ4v) is 1.67. The van der Waals surface area contributed by atoms with Gasteiger partial charge in [0, 0.05) is 12.4 Å². The number of hydrogen-bond acceptors (Lipinski definition) is 4. The molecule has 0 bridgehead atoms. The smallest absolute Gasteiger partial charge is 0.243 e. The number of amides is 1. The van der Waals surface area contributed by atoms with Crippen molar-refractivity contribution >= 4 is 5.91 Å². The van der Waals surface area contributed by atoms with Crippen molar-refractivity contribution in [1.29, 1.82) is 0 Å². The van der Waals surface area contributed by atoms with E-state index in [0.29, 0.717) is 5.82 Å². The van der Waals surface area contributed by atoms with Gasteiger partial charge in [0.1, 0.15) is 12.2 Å². The Labute approximate surface area is 87.7 Å². The van der Waals surface area contributed by atoms with Crippen LogP contribution in [0, 0.1) is 0 Å². The van der Waals surface area contributed by atoms with Crippen LogP contribution in [-0.2, 0) is 15.1 Å². The van der Waals surface area contributed by atoms with Crippen LogP contribution in [-0.4, -0.2) is 22.5 Å². The second kappa shape index (κ2) is 3.94. The molecule has 1 aliphatic rings. The number of nitrogens with two attached hydrogens (primary N) is 1. The fraction of sp³-hybridized carbons (Fsp3) is 0.500. The van der Waals surface area contributed by atoms with Crippen LogP contribution < -0.4 is 5.73 Å². The standard InChI is InChI=1S/C10H13N3O2/c11-8(14)7-15-10(3-1-4-10)9-12-5-2-6-13-9/h2,5-6H,1,3-4,7H2,(H2,11,14). The third kappa shape index (κ3) is 1.97. The van der Waals surface area contributed by atoms with E-state index in [9.17, 15) is 4.79 Å². The summed E-state index contributed by atoms with van der Waals surface area (Å²) in [4.78, 5) is 19.0. The Hall–Kier alpha value is -1.49. The first-order chi connectivity index (χ1) is 7.23. The summed E-state index contributed by atoms with van der Waals surface area (Å²) in [5, 5.41) is 0. The van der Waals surface area contributed by atoms with Crippen LogP contribution in [0.1, 0.15) is 25.1 Å². The Kier molecular flexibility index (Phi) is 2.64. The molecule has 1 amide bonds. The largest absolute Gasteiger partial charge is 0.368 e. The number of ether oxygens (including phenoxy) is 1. The highest BCUT2D eigenvalue weighted by Crippen LogP contribution is 2.42. The molecule has 0 aromatic carbocycles. The van der Waals surface area contributed by atoms with Crippen molar-refractivity contribution in [3.8, 4) is 0 Å². The minimum absolute atomic E-state index is 0.0712. The molecule has 0 saturated heterocycles. The van der Waals surface area contributed by atoms with Crippen molar-refractivity contribution in [2.24, 2.45) is 5.73 Å². The van der Waals surface area contributed by atoms with Crippen molar-refractivity contribution in [2.45, 2.75) is 24.9 Å². The average molecular weight is 207 g/mol. The zero-order chi connectivity index (χ0) is 10.7. The van der Waals surface area contributed by atoms with Crippen LogP contribution in [0.5, 0.6) is 0 Å². The van der Waals surface area contributed by atoms with Gasteiger partial charge >= 0.3 is 0 Å². The van der Waals surface area contributed by atoms with Crippen molar-refractivity contribution in [1.82, 2.24) is 9.97 Å². The predicted octanol–water partition coefficient (Wildman–Crippen LogP) is 0.358. The van der Waals surface area contributed by atoms with E-state index in [1.165, 1.54) is 0 Å². The number of aromatic nitrogens is 2. The van der Waals surface area contributed by atoms with E-state index >= 15 is 0 Å². The molecule has 1 aliphatic carbocycles. The van der Waals surface area contributed by atoms with Gasteiger partial charge in [-0.25, -0.2) is 9.97 Å². The predicted molar refractivity (Wildman–Crippen MR) is 52.7 cm³/mol. The summed E-state index contributed by atoms with van der Waals surface area (Å²) in [5.41, 5.74) is 4.58. The van der Waals surface area contributed by atoms with Gasteiger partial charge < -0.3 is 10.5 Å². The molecule has 0 spiro atoms. The third-order valence-corrected chi connectivity index (χ3v) is 2.63. The molecular formula is C10H13N3O2. The lowest BCUT2D eigenvalue weighted by Gasteiger charge is -2.39. The molecule has 0 unspecified atom stereocenters. The maximum absolute atomic E-state index is 10.7. The molecule has 1 fully saturated rings. The number of carbonyl (C=O) groups excluding carboxylic acids is 1. The van der Waals surface area contributed by atoms with Crippen LogP contribution in [0.15, 0.2) is 18.5 Å². The molecule has 1 aromatic heterocycles. The fourth-order valence-electron chi connectivity index (χ4n) is 1.67. The van der Waals surface area contributed by atoms with Gasteiger partial charge in [-0.15, -0.1) is 0 Å². The maximum atomic E-state index is 10.7. The number of nitrogens with zero attached hydrogens (tertiary/aromatic N) is 2. The monoisotopic (exact) mass is 207 g/mol. The van der Waals surface area contributed by atoms with Gasteiger partial charge in [0.05, 0.1) is 0 Å². The minimum Gasteiger partial charge on any atom is -0.368 e. The summed E-state index contributed by atoms with van der Waals surface area (Å²) < 4.78 is 5.51. The van der Waals surface area contributed by atoms with E-state index in [-0.39, 0.29) is 6.61 Å². The van der Waals surface area contributed by atoms with Crippen LogP contribution in [0.2, 0.25) is 0 Å². The molecule has 80 valence electrons.